The Hall–Kier alpha value is -4.05. The average molecular weight is 426 g/mol. The molecule has 0 aliphatic heterocycles. The normalized spacial score (nSPS) is 10.8. The highest BCUT2D eigenvalue weighted by Gasteiger charge is 2.18. The Kier molecular flexibility index (Phi) is 6.52. The number of methoxy groups -OCH3 is 3. The van der Waals surface area contributed by atoms with Crippen molar-refractivity contribution in [3.63, 3.8) is 0 Å². The van der Waals surface area contributed by atoms with E-state index in [2.05, 4.69) is 0 Å². The van der Waals surface area contributed by atoms with Crippen LogP contribution in [-0.2, 0) is 0 Å². The number of hydrogen-bond donors (Lipinski definition) is 0. The fraction of sp³-hybridized carbons (Fsp3) is 0.107. The largest absolute Gasteiger partial charge is 0.497 e. The summed E-state index contributed by atoms with van der Waals surface area (Å²) in [6.07, 6.45) is 4.00. The van der Waals surface area contributed by atoms with Gasteiger partial charge in [0.25, 0.3) is 0 Å². The summed E-state index contributed by atoms with van der Waals surface area (Å²) in [5, 5.41) is 0. The molecule has 3 aromatic carbocycles. The number of hydrogen-bond acceptors (Lipinski definition) is 3. The molecule has 0 saturated heterocycles. The minimum absolute atomic E-state index is 0.750. The molecule has 4 aromatic rings. The molecule has 0 aliphatic rings. The van der Waals surface area contributed by atoms with E-state index in [1.165, 1.54) is 0 Å². The van der Waals surface area contributed by atoms with Gasteiger partial charge in [-0.05, 0) is 65.7 Å². The molecule has 0 saturated carbocycles. The first-order chi connectivity index (χ1) is 15.7. The van der Waals surface area contributed by atoms with Crippen LogP contribution in [0.1, 0.15) is 11.3 Å². The third kappa shape index (κ3) is 4.98. The molecule has 0 aliphatic carbocycles. The SMILES string of the molecule is COc1ccc(/C=C/c2cc(-c3ccc(OC)cc3)cc(-c3ccc(OC)cc3)[o+]2)cc1. The summed E-state index contributed by atoms with van der Waals surface area (Å²) < 4.78 is 22.0. The first kappa shape index (κ1) is 21.2. The molecule has 4 nitrogen and oxygen atoms in total. The third-order valence-corrected chi connectivity index (χ3v) is 5.17. The van der Waals surface area contributed by atoms with Gasteiger partial charge in [0.15, 0.2) is 0 Å². The second-order valence-corrected chi connectivity index (χ2v) is 7.18. The molecule has 4 rings (SSSR count). The molecule has 0 amide bonds. The van der Waals surface area contributed by atoms with Crippen LogP contribution in [0, 0.1) is 0 Å². The van der Waals surface area contributed by atoms with E-state index >= 15 is 0 Å². The summed E-state index contributed by atoms with van der Waals surface area (Å²) in [6.45, 7) is 0. The standard InChI is InChI=1S/C28H25O4/c1-29-24-11-4-20(5-12-24)6-13-27-18-23(21-7-14-25(30-2)15-8-21)19-28(32-27)22-9-16-26(31-3)17-10-22/h4-19H,1-3H3/q+1/b13-6+. The van der Waals surface area contributed by atoms with Gasteiger partial charge in [-0.25, -0.2) is 4.42 Å². The van der Waals surface area contributed by atoms with Crippen LogP contribution in [0.4, 0.5) is 0 Å². The van der Waals surface area contributed by atoms with E-state index in [-0.39, 0.29) is 0 Å². The molecule has 0 spiro atoms. The van der Waals surface area contributed by atoms with Crippen LogP contribution in [0.5, 0.6) is 17.2 Å². The molecule has 32 heavy (non-hydrogen) atoms. The van der Waals surface area contributed by atoms with Gasteiger partial charge in [-0.3, -0.25) is 0 Å². The van der Waals surface area contributed by atoms with Gasteiger partial charge < -0.3 is 14.2 Å². The van der Waals surface area contributed by atoms with Crippen LogP contribution in [0.2, 0.25) is 0 Å². The molecule has 160 valence electrons. The van der Waals surface area contributed by atoms with E-state index < -0.39 is 0 Å². The first-order valence-electron chi connectivity index (χ1n) is 10.3. The lowest BCUT2D eigenvalue weighted by molar-refractivity contribution is 0.414. The molecule has 4 heteroatoms. The van der Waals surface area contributed by atoms with Crippen molar-refractivity contribution in [3.8, 4) is 39.7 Å². The molecule has 1 heterocycles. The Morgan fingerprint density at radius 2 is 1.03 bits per heavy atom. The highest BCUT2D eigenvalue weighted by molar-refractivity contribution is 5.75. The van der Waals surface area contributed by atoms with Gasteiger partial charge in [-0.15, -0.1) is 0 Å². The quantitative estimate of drug-likeness (QED) is 0.296. The van der Waals surface area contributed by atoms with Crippen LogP contribution >= 0.6 is 0 Å². The summed E-state index contributed by atoms with van der Waals surface area (Å²) in [5.74, 6) is 3.98. The van der Waals surface area contributed by atoms with E-state index in [9.17, 15) is 0 Å². The van der Waals surface area contributed by atoms with E-state index in [0.29, 0.717) is 0 Å². The Bertz CT molecular complexity index is 1130. The van der Waals surface area contributed by atoms with E-state index in [4.69, 9.17) is 18.6 Å². The van der Waals surface area contributed by atoms with Gasteiger partial charge in [-0.1, -0.05) is 24.3 Å². The number of ether oxygens (including phenoxy) is 3. The van der Waals surface area contributed by atoms with Gasteiger partial charge in [0.2, 0.25) is 0 Å². The molecular formula is C28H25O4+. The maximum Gasteiger partial charge on any atom is 0.361 e. The van der Waals surface area contributed by atoms with Crippen LogP contribution in [0.25, 0.3) is 34.6 Å². The highest BCUT2D eigenvalue weighted by Crippen LogP contribution is 2.31. The first-order valence-corrected chi connectivity index (χ1v) is 10.3. The van der Waals surface area contributed by atoms with Crippen LogP contribution < -0.4 is 14.2 Å². The van der Waals surface area contributed by atoms with E-state index in [1.807, 2.05) is 97.1 Å². The molecule has 1 aromatic heterocycles. The average Bonchev–Trinajstić information content (AvgIpc) is 2.87. The maximum atomic E-state index is 6.23. The molecular weight excluding hydrogens is 400 g/mol. The van der Waals surface area contributed by atoms with Crippen molar-refractivity contribution < 1.29 is 18.6 Å². The number of benzene rings is 3. The van der Waals surface area contributed by atoms with Crippen molar-refractivity contribution in [3.05, 3.63) is 96.3 Å². The summed E-state index contributed by atoms with van der Waals surface area (Å²) in [6, 6.07) is 27.8. The van der Waals surface area contributed by atoms with E-state index in [0.717, 1.165) is 51.0 Å². The highest BCUT2D eigenvalue weighted by atomic mass is 16.5. The Morgan fingerprint density at radius 3 is 1.56 bits per heavy atom. The van der Waals surface area contributed by atoms with Crippen molar-refractivity contribution in [1.29, 1.82) is 0 Å². The lowest BCUT2D eigenvalue weighted by atomic mass is 10.0. The topological polar surface area (TPSA) is 39.0 Å². The predicted molar refractivity (Wildman–Crippen MR) is 129 cm³/mol. The van der Waals surface area contributed by atoms with E-state index in [1.54, 1.807) is 21.3 Å². The Morgan fingerprint density at radius 1 is 0.531 bits per heavy atom. The third-order valence-electron chi connectivity index (χ3n) is 5.17. The van der Waals surface area contributed by atoms with Crippen LogP contribution in [0.3, 0.4) is 0 Å². The summed E-state index contributed by atoms with van der Waals surface area (Å²) in [5.41, 5.74) is 4.16. The van der Waals surface area contributed by atoms with Crippen molar-refractivity contribution in [2.24, 2.45) is 0 Å². The Labute approximate surface area is 188 Å². The molecule has 0 N–H and O–H groups in total. The molecule has 0 bridgehead atoms. The smallest absolute Gasteiger partial charge is 0.361 e. The lowest BCUT2D eigenvalue weighted by Crippen LogP contribution is -1.87. The zero-order valence-corrected chi connectivity index (χ0v) is 18.4. The molecule has 0 atom stereocenters. The molecule has 0 fully saturated rings. The van der Waals surface area contributed by atoms with Gasteiger partial charge in [0.05, 0.1) is 39.0 Å². The minimum atomic E-state index is 0.750. The maximum absolute atomic E-state index is 6.23. The minimum Gasteiger partial charge on any atom is -0.497 e. The fourth-order valence-electron chi connectivity index (χ4n) is 3.35. The molecule has 0 radical (unpaired) electrons. The zero-order valence-electron chi connectivity index (χ0n) is 18.4. The summed E-state index contributed by atoms with van der Waals surface area (Å²) in [7, 11) is 4.99. The molecule has 0 unspecified atom stereocenters. The van der Waals surface area contributed by atoms with Crippen molar-refractivity contribution in [2.75, 3.05) is 21.3 Å². The van der Waals surface area contributed by atoms with Gasteiger partial charge in [0, 0.05) is 11.6 Å². The van der Waals surface area contributed by atoms with Gasteiger partial charge >= 0.3 is 11.5 Å². The lowest BCUT2D eigenvalue weighted by Gasteiger charge is -2.04. The van der Waals surface area contributed by atoms with Gasteiger partial charge in [-0.2, -0.15) is 0 Å². The second-order valence-electron chi connectivity index (χ2n) is 7.18. The fourth-order valence-corrected chi connectivity index (χ4v) is 3.35. The predicted octanol–water partition coefficient (Wildman–Crippen LogP) is 7.09. The van der Waals surface area contributed by atoms with Crippen molar-refractivity contribution in [2.45, 2.75) is 0 Å². The zero-order chi connectivity index (χ0) is 22.3. The number of rotatable bonds is 7. The summed E-state index contributed by atoms with van der Waals surface area (Å²) >= 11 is 0. The Balaban J connectivity index is 1.73. The van der Waals surface area contributed by atoms with Gasteiger partial charge in [0.1, 0.15) is 17.2 Å². The van der Waals surface area contributed by atoms with Crippen molar-refractivity contribution in [1.82, 2.24) is 0 Å². The van der Waals surface area contributed by atoms with Crippen molar-refractivity contribution >= 4 is 12.2 Å². The summed E-state index contributed by atoms with van der Waals surface area (Å²) in [4.78, 5) is 0. The van der Waals surface area contributed by atoms with Crippen LogP contribution in [-0.4, -0.2) is 21.3 Å². The van der Waals surface area contributed by atoms with Crippen LogP contribution in [0.15, 0.2) is 89.3 Å². The second kappa shape index (κ2) is 9.84. The monoisotopic (exact) mass is 425 g/mol.